The summed E-state index contributed by atoms with van der Waals surface area (Å²) < 4.78 is 5.23. The smallest absolute Gasteiger partial charge is 0.324 e. The highest BCUT2D eigenvalue weighted by molar-refractivity contribution is 7.99. The maximum Gasteiger partial charge on any atom is 0.324 e. The second-order valence-corrected chi connectivity index (χ2v) is 7.25. The molecule has 0 radical (unpaired) electrons. The largest absolute Gasteiger partial charge is 0.456 e. The van der Waals surface area contributed by atoms with Gasteiger partial charge >= 0.3 is 5.97 Å². The zero-order valence-electron chi connectivity index (χ0n) is 14.0. The highest BCUT2D eigenvalue weighted by atomic mass is 32.2. The Balaban J connectivity index is 1.37. The summed E-state index contributed by atoms with van der Waals surface area (Å²) in [5.41, 5.74) is 2.76. The minimum absolute atomic E-state index is 0.0249. The van der Waals surface area contributed by atoms with Crippen LogP contribution in [0.5, 0.6) is 0 Å². The Kier molecular flexibility index (Phi) is 4.77. The van der Waals surface area contributed by atoms with Crippen molar-refractivity contribution in [2.45, 2.75) is 11.4 Å². The van der Waals surface area contributed by atoms with Gasteiger partial charge in [0, 0.05) is 28.4 Å². The molecule has 1 aromatic heterocycles. The summed E-state index contributed by atoms with van der Waals surface area (Å²) in [7, 11) is 0. The number of Topliss-reactive ketones (excluding diaryl/α,β-unsaturated/α-hetero) is 1. The highest BCUT2D eigenvalue weighted by Gasteiger charge is 2.32. The molecule has 0 amide bonds. The number of benzene rings is 2. The summed E-state index contributed by atoms with van der Waals surface area (Å²) in [6, 6.07) is 16.6. The van der Waals surface area contributed by atoms with Crippen molar-refractivity contribution in [3.05, 3.63) is 71.9 Å². The van der Waals surface area contributed by atoms with Crippen LogP contribution in [0.3, 0.4) is 0 Å². The van der Waals surface area contributed by atoms with E-state index in [1.165, 1.54) is 0 Å². The molecule has 5 nitrogen and oxygen atoms in total. The van der Waals surface area contributed by atoms with Crippen LogP contribution in [0.1, 0.15) is 21.3 Å². The lowest BCUT2D eigenvalue weighted by molar-refractivity contribution is -0.144. The lowest BCUT2D eigenvalue weighted by Gasteiger charge is -2.14. The molecule has 1 fully saturated rings. The Morgan fingerprint density at radius 3 is 2.77 bits per heavy atom. The number of aromatic amines is 1. The molecule has 26 heavy (non-hydrogen) atoms. The van der Waals surface area contributed by atoms with Crippen molar-refractivity contribution in [2.75, 3.05) is 12.4 Å². The molecule has 0 spiro atoms. The van der Waals surface area contributed by atoms with Gasteiger partial charge < -0.3 is 9.72 Å². The van der Waals surface area contributed by atoms with Crippen molar-refractivity contribution in [3.8, 4) is 0 Å². The summed E-state index contributed by atoms with van der Waals surface area (Å²) >= 11 is 1.67. The lowest BCUT2D eigenvalue weighted by Crippen LogP contribution is -2.36. The first-order valence-corrected chi connectivity index (χ1v) is 9.46. The van der Waals surface area contributed by atoms with Gasteiger partial charge in [0.1, 0.15) is 6.04 Å². The van der Waals surface area contributed by atoms with Gasteiger partial charge in [-0.25, -0.2) is 0 Å². The number of ether oxygens (including phenoxy) is 1. The molecule has 1 saturated heterocycles. The molecular weight excluding hydrogens is 348 g/mol. The van der Waals surface area contributed by atoms with E-state index in [1.54, 1.807) is 36.0 Å². The molecule has 2 atom stereocenters. The van der Waals surface area contributed by atoms with Gasteiger partial charge in [-0.15, -0.1) is 11.8 Å². The molecule has 6 heteroatoms. The third kappa shape index (κ3) is 3.38. The van der Waals surface area contributed by atoms with Crippen LogP contribution < -0.4 is 5.32 Å². The third-order valence-corrected chi connectivity index (χ3v) is 5.67. The molecule has 2 aromatic carbocycles. The van der Waals surface area contributed by atoms with Crippen LogP contribution in [0.25, 0.3) is 10.9 Å². The number of esters is 1. The van der Waals surface area contributed by atoms with Gasteiger partial charge in [-0.2, -0.15) is 0 Å². The summed E-state index contributed by atoms with van der Waals surface area (Å²) in [5, 5.41) is 4.48. The van der Waals surface area contributed by atoms with E-state index in [4.69, 9.17) is 4.74 Å². The zero-order chi connectivity index (χ0) is 17.9. The number of rotatable bonds is 5. The number of aromatic nitrogens is 1. The molecule has 1 aliphatic heterocycles. The number of hydrogen-bond acceptors (Lipinski definition) is 5. The topological polar surface area (TPSA) is 71.2 Å². The molecule has 2 heterocycles. The fourth-order valence-corrected chi connectivity index (χ4v) is 4.33. The molecule has 0 aliphatic carbocycles. The Morgan fingerprint density at radius 1 is 1.08 bits per heavy atom. The predicted octanol–water partition coefficient (Wildman–Crippen LogP) is 3.30. The normalized spacial score (nSPS) is 19.5. The Hall–Kier alpha value is -2.57. The quantitative estimate of drug-likeness (QED) is 0.536. The number of thioether (sulfide) groups is 1. The SMILES string of the molecule is O=C(COC(=O)C1CSC(c2cccc3[nH]ccc23)N1)c1ccccc1. The van der Waals surface area contributed by atoms with E-state index in [9.17, 15) is 9.59 Å². The molecule has 3 aromatic rings. The molecular formula is C20H18N2O3S. The summed E-state index contributed by atoms with van der Waals surface area (Å²) in [6.45, 7) is -0.232. The molecule has 0 bridgehead atoms. The molecule has 2 N–H and O–H groups in total. The Labute approximate surface area is 155 Å². The van der Waals surface area contributed by atoms with Crippen molar-refractivity contribution in [3.63, 3.8) is 0 Å². The first-order valence-electron chi connectivity index (χ1n) is 8.41. The zero-order valence-corrected chi connectivity index (χ0v) is 14.8. The van der Waals surface area contributed by atoms with Crippen LogP contribution in [0.15, 0.2) is 60.8 Å². The van der Waals surface area contributed by atoms with Gasteiger partial charge in [-0.1, -0.05) is 42.5 Å². The van der Waals surface area contributed by atoms with Crippen molar-refractivity contribution in [1.82, 2.24) is 10.3 Å². The predicted molar refractivity (Wildman–Crippen MR) is 102 cm³/mol. The van der Waals surface area contributed by atoms with E-state index in [0.717, 1.165) is 16.5 Å². The number of carbonyl (C=O) groups excluding carboxylic acids is 2. The van der Waals surface area contributed by atoms with Crippen LogP contribution in [-0.2, 0) is 9.53 Å². The van der Waals surface area contributed by atoms with E-state index in [-0.39, 0.29) is 23.7 Å². The molecule has 132 valence electrons. The first kappa shape index (κ1) is 16.9. The van der Waals surface area contributed by atoms with E-state index < -0.39 is 6.04 Å². The van der Waals surface area contributed by atoms with Gasteiger partial charge in [-0.05, 0) is 17.7 Å². The van der Waals surface area contributed by atoms with E-state index in [0.29, 0.717) is 11.3 Å². The molecule has 0 saturated carbocycles. The third-order valence-electron chi connectivity index (χ3n) is 4.42. The number of fused-ring (bicyclic) bond motifs is 1. The van der Waals surface area contributed by atoms with Crippen molar-refractivity contribution in [1.29, 1.82) is 0 Å². The second-order valence-electron chi connectivity index (χ2n) is 6.12. The number of H-pyrrole nitrogens is 1. The average molecular weight is 366 g/mol. The maximum atomic E-state index is 12.3. The van der Waals surface area contributed by atoms with Crippen molar-refractivity contribution >= 4 is 34.4 Å². The van der Waals surface area contributed by atoms with E-state index in [2.05, 4.69) is 16.4 Å². The Bertz CT molecular complexity index is 938. The molecule has 1 aliphatic rings. The van der Waals surface area contributed by atoms with Gasteiger partial charge in [0.05, 0.1) is 5.37 Å². The van der Waals surface area contributed by atoms with Crippen LogP contribution >= 0.6 is 11.8 Å². The highest BCUT2D eigenvalue weighted by Crippen LogP contribution is 2.36. The maximum absolute atomic E-state index is 12.3. The van der Waals surface area contributed by atoms with Crippen LogP contribution in [-0.4, -0.2) is 35.1 Å². The summed E-state index contributed by atoms with van der Waals surface area (Å²) in [5.74, 6) is 0.0351. The fraction of sp³-hybridized carbons (Fsp3) is 0.200. The monoisotopic (exact) mass is 366 g/mol. The van der Waals surface area contributed by atoms with Crippen molar-refractivity contribution < 1.29 is 14.3 Å². The van der Waals surface area contributed by atoms with Gasteiger partial charge in [0.25, 0.3) is 0 Å². The summed E-state index contributed by atoms with van der Waals surface area (Å²) in [6.07, 6.45) is 1.91. The number of hydrogen-bond donors (Lipinski definition) is 2. The van der Waals surface area contributed by atoms with Crippen LogP contribution in [0, 0.1) is 0 Å². The fourth-order valence-electron chi connectivity index (χ4n) is 3.07. The van der Waals surface area contributed by atoms with E-state index in [1.807, 2.05) is 30.5 Å². The minimum atomic E-state index is -0.414. The Morgan fingerprint density at radius 2 is 1.92 bits per heavy atom. The van der Waals surface area contributed by atoms with Gasteiger partial charge in [0.2, 0.25) is 0 Å². The summed E-state index contributed by atoms with van der Waals surface area (Å²) in [4.78, 5) is 27.6. The van der Waals surface area contributed by atoms with Gasteiger partial charge in [0.15, 0.2) is 12.4 Å². The number of nitrogens with one attached hydrogen (secondary N) is 2. The van der Waals surface area contributed by atoms with Crippen LogP contribution in [0.2, 0.25) is 0 Å². The van der Waals surface area contributed by atoms with Crippen LogP contribution in [0.4, 0.5) is 0 Å². The van der Waals surface area contributed by atoms with Gasteiger partial charge in [-0.3, -0.25) is 14.9 Å². The standard InChI is InChI=1S/C20H18N2O3S/c23-18(13-5-2-1-3-6-13)11-25-20(24)17-12-26-19(22-17)15-7-4-8-16-14(15)9-10-21-16/h1-10,17,19,21-22H,11-12H2. The van der Waals surface area contributed by atoms with Crippen molar-refractivity contribution in [2.24, 2.45) is 0 Å². The number of ketones is 1. The molecule has 4 rings (SSSR count). The first-order chi connectivity index (χ1) is 12.7. The average Bonchev–Trinajstić information content (AvgIpc) is 3.35. The number of carbonyl (C=O) groups is 2. The van der Waals surface area contributed by atoms with E-state index >= 15 is 0 Å². The lowest BCUT2D eigenvalue weighted by atomic mass is 10.1. The minimum Gasteiger partial charge on any atom is -0.456 e. The second kappa shape index (κ2) is 7.35. The molecule has 2 unspecified atom stereocenters.